The van der Waals surface area contributed by atoms with Gasteiger partial charge in [-0.2, -0.15) is 0 Å². The van der Waals surface area contributed by atoms with Crippen molar-refractivity contribution >= 4 is 50.7 Å². The molecule has 0 spiro atoms. The first-order valence-corrected chi connectivity index (χ1v) is 18.2. The van der Waals surface area contributed by atoms with Crippen molar-refractivity contribution in [3.8, 4) is 11.5 Å². The maximum atomic E-state index is 14.7. The number of nitrogens with one attached hydrogen (secondary N) is 1. The molecule has 1 aliphatic carbocycles. The molecule has 1 unspecified atom stereocenters. The molecular weight excluding hydrogens is 685 g/mol. The molecule has 9 nitrogen and oxygen atoms in total. The molecule has 0 bridgehead atoms. The topological polar surface area (TPSA) is 105 Å². The second-order valence-electron chi connectivity index (χ2n) is 11.8. The predicted molar refractivity (Wildman–Crippen MR) is 192 cm³/mol. The number of carbonyl (C=O) groups excluding carboxylic acids is 2. The average molecular weight is 725 g/mol. The summed E-state index contributed by atoms with van der Waals surface area (Å²) in [6.07, 6.45) is 3.99. The number of hydrogen-bond acceptors (Lipinski definition) is 6. The zero-order chi connectivity index (χ0) is 35.0. The first-order valence-electron chi connectivity index (χ1n) is 16.0. The molecule has 0 aliphatic heterocycles. The molecule has 5 rings (SSSR count). The fourth-order valence-corrected chi connectivity index (χ4v) is 7.63. The summed E-state index contributed by atoms with van der Waals surface area (Å²) >= 11 is 12.4. The molecule has 0 saturated heterocycles. The number of halogens is 2. The summed E-state index contributed by atoms with van der Waals surface area (Å²) in [4.78, 5) is 30.2. The molecule has 0 radical (unpaired) electrons. The molecule has 0 heterocycles. The molecule has 49 heavy (non-hydrogen) atoms. The Morgan fingerprint density at radius 3 is 2.04 bits per heavy atom. The van der Waals surface area contributed by atoms with Crippen LogP contribution in [0.15, 0.2) is 102 Å². The maximum absolute atomic E-state index is 14.7. The van der Waals surface area contributed by atoms with E-state index in [4.69, 9.17) is 32.7 Å². The van der Waals surface area contributed by atoms with E-state index >= 15 is 0 Å². The first-order chi connectivity index (χ1) is 23.6. The number of benzene rings is 4. The molecule has 1 atom stereocenters. The van der Waals surface area contributed by atoms with Crippen LogP contribution in [0.5, 0.6) is 11.5 Å². The third-order valence-corrected chi connectivity index (χ3v) is 10.8. The second-order valence-corrected chi connectivity index (χ2v) is 14.6. The number of nitrogens with zero attached hydrogens (tertiary/aromatic N) is 2. The van der Waals surface area contributed by atoms with E-state index in [2.05, 4.69) is 5.32 Å². The van der Waals surface area contributed by atoms with Gasteiger partial charge in [0.25, 0.3) is 10.0 Å². The fourth-order valence-electron chi connectivity index (χ4n) is 5.95. The highest BCUT2D eigenvalue weighted by atomic mass is 35.5. The minimum absolute atomic E-state index is 0.00857. The minimum Gasteiger partial charge on any atom is -0.493 e. The highest BCUT2D eigenvalue weighted by molar-refractivity contribution is 7.92. The van der Waals surface area contributed by atoms with E-state index in [0.717, 1.165) is 41.1 Å². The summed E-state index contributed by atoms with van der Waals surface area (Å²) in [6, 6.07) is 25.9. The van der Waals surface area contributed by atoms with E-state index in [9.17, 15) is 18.0 Å². The second kappa shape index (κ2) is 16.4. The monoisotopic (exact) mass is 723 g/mol. The molecule has 2 amide bonds. The summed E-state index contributed by atoms with van der Waals surface area (Å²) in [7, 11) is -1.50. The van der Waals surface area contributed by atoms with Gasteiger partial charge in [0.05, 0.1) is 24.8 Å². The number of hydrogen-bond donors (Lipinski definition) is 1. The average Bonchev–Trinajstić information content (AvgIpc) is 3.63. The summed E-state index contributed by atoms with van der Waals surface area (Å²) < 4.78 is 40.5. The molecule has 0 aromatic heterocycles. The molecule has 1 aliphatic rings. The van der Waals surface area contributed by atoms with Crippen molar-refractivity contribution in [2.75, 3.05) is 25.1 Å². The lowest BCUT2D eigenvalue weighted by Gasteiger charge is -2.34. The Labute approximate surface area is 297 Å². The number of amides is 2. The molecular formula is C37H39Cl2N3O6S. The van der Waals surface area contributed by atoms with Crippen molar-refractivity contribution in [1.82, 2.24) is 10.2 Å². The number of anilines is 1. The van der Waals surface area contributed by atoms with Gasteiger partial charge in [0.15, 0.2) is 11.5 Å². The zero-order valence-electron chi connectivity index (χ0n) is 27.4. The van der Waals surface area contributed by atoms with Crippen LogP contribution in [0.4, 0.5) is 5.69 Å². The van der Waals surface area contributed by atoms with Gasteiger partial charge in [-0.1, -0.05) is 78.5 Å². The summed E-state index contributed by atoms with van der Waals surface area (Å²) in [5.41, 5.74) is 1.80. The number of rotatable bonds is 14. The molecule has 4 aromatic rings. The van der Waals surface area contributed by atoms with Crippen LogP contribution in [0.1, 0.15) is 36.8 Å². The van der Waals surface area contributed by atoms with Gasteiger partial charge in [-0.15, -0.1) is 0 Å². The van der Waals surface area contributed by atoms with Crippen LogP contribution in [-0.4, -0.2) is 58.0 Å². The van der Waals surface area contributed by atoms with Crippen LogP contribution in [0.25, 0.3) is 0 Å². The summed E-state index contributed by atoms with van der Waals surface area (Å²) in [5.74, 6) is -0.307. The van der Waals surface area contributed by atoms with E-state index in [1.54, 1.807) is 36.4 Å². The summed E-state index contributed by atoms with van der Waals surface area (Å²) in [5, 5.41) is 4.10. The van der Waals surface area contributed by atoms with Crippen LogP contribution in [-0.2, 0) is 32.6 Å². The number of methoxy groups -OCH3 is 2. The van der Waals surface area contributed by atoms with Crippen LogP contribution >= 0.6 is 23.2 Å². The van der Waals surface area contributed by atoms with Crippen LogP contribution < -0.4 is 19.1 Å². The standard InChI is InChI=1S/C37H39Cl2N3O6S/c1-47-34-21-20-32(23-35(34)48-2)49(45,46)42(31-18-16-29(39)17-19-31)25-36(43)41(24-27-12-14-28(38)15-13-27)33(22-26-8-4-3-5-9-26)37(44)40-30-10-6-7-11-30/h3-5,8-9,12-21,23,30,33H,6-7,10-11,22,24-25H2,1-2H3,(H,40,44). The van der Waals surface area contributed by atoms with Crippen molar-refractivity contribution in [3.63, 3.8) is 0 Å². The van der Waals surface area contributed by atoms with Crippen molar-refractivity contribution in [2.45, 2.75) is 55.6 Å². The van der Waals surface area contributed by atoms with Crippen molar-refractivity contribution in [3.05, 3.63) is 118 Å². The molecule has 1 N–H and O–H groups in total. The maximum Gasteiger partial charge on any atom is 0.264 e. The normalized spacial score (nSPS) is 13.8. The minimum atomic E-state index is -4.37. The van der Waals surface area contributed by atoms with E-state index in [0.29, 0.717) is 15.8 Å². The molecule has 258 valence electrons. The van der Waals surface area contributed by atoms with Crippen LogP contribution in [0.3, 0.4) is 0 Å². The van der Waals surface area contributed by atoms with Crippen molar-refractivity contribution in [2.24, 2.45) is 0 Å². The van der Waals surface area contributed by atoms with Gasteiger partial charge in [-0.05, 0) is 72.5 Å². The van der Waals surface area contributed by atoms with Gasteiger partial charge in [-0.25, -0.2) is 8.42 Å². The van der Waals surface area contributed by atoms with E-state index in [1.165, 1.54) is 49.5 Å². The largest absolute Gasteiger partial charge is 0.493 e. The predicted octanol–water partition coefficient (Wildman–Crippen LogP) is 6.90. The van der Waals surface area contributed by atoms with Crippen molar-refractivity contribution in [1.29, 1.82) is 0 Å². The molecule has 12 heteroatoms. The van der Waals surface area contributed by atoms with Crippen molar-refractivity contribution < 1.29 is 27.5 Å². The molecule has 1 fully saturated rings. The van der Waals surface area contributed by atoms with Crippen LogP contribution in [0, 0.1) is 0 Å². The summed E-state index contributed by atoms with van der Waals surface area (Å²) in [6.45, 7) is -0.565. The van der Waals surface area contributed by atoms with E-state index in [-0.39, 0.29) is 41.2 Å². The zero-order valence-corrected chi connectivity index (χ0v) is 29.7. The van der Waals surface area contributed by atoms with E-state index < -0.39 is 28.5 Å². The first kappa shape index (κ1) is 36.0. The smallest absolute Gasteiger partial charge is 0.264 e. The SMILES string of the molecule is COc1ccc(S(=O)(=O)N(CC(=O)N(Cc2ccc(Cl)cc2)C(Cc2ccccc2)C(=O)NC2CCCC2)c2ccc(Cl)cc2)cc1OC. The fraction of sp³-hybridized carbons (Fsp3) is 0.297. The Bertz CT molecular complexity index is 1830. The third kappa shape index (κ3) is 9.06. The molecule has 4 aromatic carbocycles. The number of carbonyl (C=O) groups is 2. The van der Waals surface area contributed by atoms with Crippen LogP contribution in [0.2, 0.25) is 10.0 Å². The lowest BCUT2D eigenvalue weighted by Crippen LogP contribution is -2.54. The van der Waals surface area contributed by atoms with Gasteiger partial charge in [0.1, 0.15) is 12.6 Å². The molecule has 1 saturated carbocycles. The van der Waals surface area contributed by atoms with Gasteiger partial charge < -0.3 is 19.7 Å². The highest BCUT2D eigenvalue weighted by Gasteiger charge is 2.36. The van der Waals surface area contributed by atoms with Gasteiger partial charge in [0.2, 0.25) is 11.8 Å². The lowest BCUT2D eigenvalue weighted by atomic mass is 10.0. The lowest BCUT2D eigenvalue weighted by molar-refractivity contribution is -0.140. The van der Waals surface area contributed by atoms with Gasteiger partial charge >= 0.3 is 0 Å². The number of ether oxygens (including phenoxy) is 2. The Morgan fingerprint density at radius 1 is 0.816 bits per heavy atom. The van der Waals surface area contributed by atoms with Gasteiger partial charge in [0, 0.05) is 35.1 Å². The highest BCUT2D eigenvalue weighted by Crippen LogP contribution is 2.33. The van der Waals surface area contributed by atoms with E-state index in [1.807, 2.05) is 30.3 Å². The Morgan fingerprint density at radius 2 is 1.43 bits per heavy atom. The number of sulfonamides is 1. The third-order valence-electron chi connectivity index (χ3n) is 8.58. The quantitative estimate of drug-likeness (QED) is 0.152. The van der Waals surface area contributed by atoms with Gasteiger partial charge in [-0.3, -0.25) is 13.9 Å². The Kier molecular flexibility index (Phi) is 12.1. The Hall–Kier alpha value is -4.25. The Balaban J connectivity index is 1.57.